The fourth-order valence-electron chi connectivity index (χ4n) is 3.42. The van der Waals surface area contributed by atoms with E-state index in [1.807, 2.05) is 68.8 Å². The number of nitrogens with one attached hydrogen (secondary N) is 1. The molecule has 0 saturated heterocycles. The molecule has 30 heavy (non-hydrogen) atoms. The molecule has 0 fully saturated rings. The number of carbonyl (C=O) groups excluding carboxylic acids is 1. The van der Waals surface area contributed by atoms with Gasteiger partial charge in [-0.05, 0) is 44.5 Å². The predicted molar refractivity (Wildman–Crippen MR) is 119 cm³/mol. The van der Waals surface area contributed by atoms with Gasteiger partial charge in [-0.15, -0.1) is 0 Å². The highest BCUT2D eigenvalue weighted by molar-refractivity contribution is 5.96. The second-order valence-electron chi connectivity index (χ2n) is 7.44. The third kappa shape index (κ3) is 4.57. The molecule has 1 aromatic heterocycles. The summed E-state index contributed by atoms with van der Waals surface area (Å²) in [5.41, 5.74) is 3.75. The van der Waals surface area contributed by atoms with E-state index in [-0.39, 0.29) is 6.10 Å². The number of aryl methyl sites for hydroxylation is 1. The van der Waals surface area contributed by atoms with Crippen LogP contribution in [0.1, 0.15) is 39.2 Å². The largest absolute Gasteiger partial charge is 0.491 e. The van der Waals surface area contributed by atoms with E-state index in [0.29, 0.717) is 17.9 Å². The maximum Gasteiger partial charge on any atom is 0.411 e. The molecule has 0 radical (unpaired) electrons. The molecular weight excluding hydrogens is 378 g/mol. The van der Waals surface area contributed by atoms with Crippen molar-refractivity contribution in [2.45, 2.75) is 39.7 Å². The normalized spacial score (nSPS) is 10.8. The van der Waals surface area contributed by atoms with Crippen LogP contribution in [0, 0.1) is 11.3 Å². The highest BCUT2D eigenvalue weighted by Gasteiger charge is 2.18. The van der Waals surface area contributed by atoms with E-state index in [0.717, 1.165) is 40.8 Å². The third-order valence-corrected chi connectivity index (χ3v) is 4.77. The highest BCUT2D eigenvalue weighted by atomic mass is 16.5. The molecule has 2 aromatic carbocycles. The van der Waals surface area contributed by atoms with Crippen LogP contribution < -0.4 is 10.1 Å². The van der Waals surface area contributed by atoms with Crippen molar-refractivity contribution in [2.75, 3.05) is 11.9 Å². The molecule has 6 nitrogen and oxygen atoms in total. The molecule has 0 aliphatic rings. The number of benzene rings is 2. The number of hydrogen-bond acceptors (Lipinski definition) is 4. The number of rotatable bonds is 7. The molecule has 156 valence electrons. The minimum atomic E-state index is -0.478. The van der Waals surface area contributed by atoms with Crippen LogP contribution in [0.5, 0.6) is 5.75 Å². The van der Waals surface area contributed by atoms with Crippen molar-refractivity contribution in [1.29, 1.82) is 5.26 Å². The van der Waals surface area contributed by atoms with E-state index in [4.69, 9.17) is 9.47 Å². The topological polar surface area (TPSA) is 76.3 Å². The number of carbonyl (C=O) groups is 1. The zero-order valence-corrected chi connectivity index (χ0v) is 17.9. The summed E-state index contributed by atoms with van der Waals surface area (Å²) in [4.78, 5) is 12.0. The van der Waals surface area contributed by atoms with Crippen molar-refractivity contribution in [1.82, 2.24) is 4.57 Å². The zero-order chi connectivity index (χ0) is 21.7. The first-order chi connectivity index (χ1) is 14.4. The quantitative estimate of drug-likeness (QED) is 0.500. The molecule has 0 unspecified atom stereocenters. The van der Waals surface area contributed by atoms with Gasteiger partial charge in [0.15, 0.2) is 0 Å². The summed E-state index contributed by atoms with van der Waals surface area (Å²) in [6.07, 6.45) is 1.38. The highest BCUT2D eigenvalue weighted by Crippen LogP contribution is 2.35. The Bertz CT molecular complexity index is 1090. The molecule has 3 rings (SSSR count). The number of nitrogens with zero attached hydrogens (tertiary/aromatic N) is 2. The van der Waals surface area contributed by atoms with Gasteiger partial charge in [-0.2, -0.15) is 5.26 Å². The lowest BCUT2D eigenvalue weighted by atomic mass is 10.1. The van der Waals surface area contributed by atoms with Gasteiger partial charge in [0.05, 0.1) is 29.5 Å². The Morgan fingerprint density at radius 3 is 2.73 bits per heavy atom. The van der Waals surface area contributed by atoms with Crippen LogP contribution in [-0.4, -0.2) is 23.4 Å². The van der Waals surface area contributed by atoms with Crippen LogP contribution in [0.4, 0.5) is 10.5 Å². The van der Waals surface area contributed by atoms with Crippen molar-refractivity contribution in [2.24, 2.45) is 7.05 Å². The summed E-state index contributed by atoms with van der Waals surface area (Å²) in [6, 6.07) is 15.5. The summed E-state index contributed by atoms with van der Waals surface area (Å²) in [7, 11) is 1.93. The number of aromatic nitrogens is 1. The van der Waals surface area contributed by atoms with Gasteiger partial charge in [-0.25, -0.2) is 4.79 Å². The molecule has 0 bridgehead atoms. The summed E-state index contributed by atoms with van der Waals surface area (Å²) < 4.78 is 13.0. The van der Waals surface area contributed by atoms with Crippen LogP contribution in [0.2, 0.25) is 0 Å². The van der Waals surface area contributed by atoms with Gasteiger partial charge in [0.25, 0.3) is 0 Å². The first-order valence-electron chi connectivity index (χ1n) is 10.2. The number of ether oxygens (including phenoxy) is 2. The number of amides is 1. The van der Waals surface area contributed by atoms with E-state index in [9.17, 15) is 10.1 Å². The van der Waals surface area contributed by atoms with Crippen molar-refractivity contribution in [3.63, 3.8) is 0 Å². The van der Waals surface area contributed by atoms with E-state index in [2.05, 4.69) is 11.4 Å². The third-order valence-electron chi connectivity index (χ3n) is 4.77. The molecule has 0 spiro atoms. The Kier molecular flexibility index (Phi) is 6.63. The Balaban J connectivity index is 1.97. The van der Waals surface area contributed by atoms with Crippen molar-refractivity contribution < 1.29 is 14.3 Å². The number of anilines is 1. The van der Waals surface area contributed by atoms with Gasteiger partial charge in [0.2, 0.25) is 0 Å². The average molecular weight is 405 g/mol. The monoisotopic (exact) mass is 405 g/mol. The summed E-state index contributed by atoms with van der Waals surface area (Å²) in [6.45, 7) is 6.39. The second kappa shape index (κ2) is 9.36. The summed E-state index contributed by atoms with van der Waals surface area (Å²) >= 11 is 0. The fraction of sp³-hybridized carbons (Fsp3) is 0.333. The second-order valence-corrected chi connectivity index (χ2v) is 7.44. The Labute approximate surface area is 177 Å². The van der Waals surface area contributed by atoms with Gasteiger partial charge < -0.3 is 14.0 Å². The van der Waals surface area contributed by atoms with Crippen LogP contribution in [0.25, 0.3) is 22.2 Å². The fourth-order valence-corrected chi connectivity index (χ4v) is 3.42. The number of fused-ring (bicyclic) bond motifs is 1. The van der Waals surface area contributed by atoms with Gasteiger partial charge >= 0.3 is 6.09 Å². The minimum absolute atomic E-state index is 0.0671. The van der Waals surface area contributed by atoms with Crippen molar-refractivity contribution >= 4 is 22.7 Å². The maximum absolute atomic E-state index is 12.0. The first-order valence-corrected chi connectivity index (χ1v) is 10.2. The average Bonchev–Trinajstić information content (AvgIpc) is 2.99. The van der Waals surface area contributed by atoms with Gasteiger partial charge in [0.1, 0.15) is 11.8 Å². The first kappa shape index (κ1) is 21.3. The van der Waals surface area contributed by atoms with Crippen molar-refractivity contribution in [3.8, 4) is 23.1 Å². The molecule has 1 amide bonds. The smallest absolute Gasteiger partial charge is 0.411 e. The van der Waals surface area contributed by atoms with Crippen LogP contribution >= 0.6 is 0 Å². The standard InChI is InChI=1S/C24H27N3O3/c1-5-6-12-29-24(28)26-18-9-7-8-17(13-18)23-21(15-25)20-11-10-19(30-16(2)3)14-22(20)27(23)4/h7-11,13-14,16H,5-6,12H2,1-4H3,(H,26,28). The lowest BCUT2D eigenvalue weighted by Gasteiger charge is -2.11. The van der Waals surface area contributed by atoms with Gasteiger partial charge in [-0.1, -0.05) is 25.5 Å². The van der Waals surface area contributed by atoms with Crippen LogP contribution in [0.15, 0.2) is 42.5 Å². The molecule has 0 saturated carbocycles. The van der Waals surface area contributed by atoms with E-state index in [1.54, 1.807) is 6.07 Å². The summed E-state index contributed by atoms with van der Waals surface area (Å²) in [5, 5.41) is 13.5. The molecule has 0 aliphatic carbocycles. The van der Waals surface area contributed by atoms with Crippen LogP contribution in [0.3, 0.4) is 0 Å². The van der Waals surface area contributed by atoms with Gasteiger partial charge in [0, 0.05) is 29.8 Å². The molecule has 1 heterocycles. The number of unbranched alkanes of at least 4 members (excludes halogenated alkanes) is 1. The van der Waals surface area contributed by atoms with E-state index in [1.165, 1.54) is 0 Å². The molecule has 1 N–H and O–H groups in total. The molecule has 0 atom stereocenters. The zero-order valence-electron chi connectivity index (χ0n) is 17.9. The lowest BCUT2D eigenvalue weighted by molar-refractivity contribution is 0.160. The predicted octanol–water partition coefficient (Wildman–Crippen LogP) is 5.85. The molecule has 0 aliphatic heterocycles. The molecule has 3 aromatic rings. The number of nitriles is 1. The lowest BCUT2D eigenvalue weighted by Crippen LogP contribution is -2.14. The van der Waals surface area contributed by atoms with E-state index >= 15 is 0 Å². The SMILES string of the molecule is CCCCOC(=O)Nc1cccc(-c2c(C#N)c3ccc(OC(C)C)cc3n2C)c1. The number of hydrogen-bond donors (Lipinski definition) is 1. The Hall–Kier alpha value is -3.46. The Morgan fingerprint density at radius 1 is 1.23 bits per heavy atom. The van der Waals surface area contributed by atoms with Crippen molar-refractivity contribution in [3.05, 3.63) is 48.0 Å². The van der Waals surface area contributed by atoms with E-state index < -0.39 is 6.09 Å². The van der Waals surface area contributed by atoms with Crippen LogP contribution in [-0.2, 0) is 11.8 Å². The van der Waals surface area contributed by atoms with Gasteiger partial charge in [-0.3, -0.25) is 5.32 Å². The maximum atomic E-state index is 12.0. The molecular formula is C24H27N3O3. The molecule has 6 heteroatoms. The summed E-state index contributed by atoms with van der Waals surface area (Å²) in [5.74, 6) is 0.763. The Morgan fingerprint density at radius 2 is 2.03 bits per heavy atom. The minimum Gasteiger partial charge on any atom is -0.491 e.